The zero-order valence-corrected chi connectivity index (χ0v) is 13.0. The second-order valence-electron chi connectivity index (χ2n) is 4.85. The van der Waals surface area contributed by atoms with Crippen LogP contribution in [0.1, 0.15) is 13.8 Å². The number of hydrogen-bond acceptors (Lipinski definition) is 4. The topological polar surface area (TPSA) is 46.6 Å². The summed E-state index contributed by atoms with van der Waals surface area (Å²) in [4.78, 5) is 2.00. The number of benzene rings is 1. The highest BCUT2D eigenvalue weighted by Gasteiger charge is 2.17. The Balaban J connectivity index is 2.48. The van der Waals surface area contributed by atoms with Crippen LogP contribution in [0.4, 0.5) is 4.39 Å². The Labute approximate surface area is 120 Å². The Bertz CT molecular complexity index is 519. The summed E-state index contributed by atoms with van der Waals surface area (Å²) in [6, 6.07) is 6.15. The van der Waals surface area contributed by atoms with Crippen LogP contribution in [0.5, 0.6) is 5.75 Å². The first-order valence-electron chi connectivity index (χ1n) is 6.62. The van der Waals surface area contributed by atoms with Gasteiger partial charge in [0.15, 0.2) is 11.6 Å². The van der Waals surface area contributed by atoms with Crippen molar-refractivity contribution in [3.63, 3.8) is 0 Å². The van der Waals surface area contributed by atoms with Crippen LogP contribution in [0.2, 0.25) is 0 Å². The highest BCUT2D eigenvalue weighted by Crippen LogP contribution is 2.15. The van der Waals surface area contributed by atoms with Gasteiger partial charge in [0.1, 0.15) is 16.4 Å². The van der Waals surface area contributed by atoms with Crippen LogP contribution in [0.15, 0.2) is 24.3 Å². The van der Waals surface area contributed by atoms with Crippen LogP contribution < -0.4 is 4.74 Å². The number of para-hydroxylation sites is 1. The predicted octanol–water partition coefficient (Wildman–Crippen LogP) is 1.96. The maximum absolute atomic E-state index is 13.4. The van der Waals surface area contributed by atoms with E-state index in [4.69, 9.17) is 4.74 Å². The molecule has 20 heavy (non-hydrogen) atoms. The second kappa shape index (κ2) is 7.59. The van der Waals surface area contributed by atoms with Gasteiger partial charge in [-0.3, -0.25) is 4.90 Å². The predicted molar refractivity (Wildman–Crippen MR) is 78.3 cm³/mol. The number of nitrogens with zero attached hydrogens (tertiary/aromatic N) is 1. The van der Waals surface area contributed by atoms with Gasteiger partial charge in [0.05, 0.1) is 5.75 Å². The fraction of sp³-hybridized carbons (Fsp3) is 0.571. The molecule has 0 bridgehead atoms. The lowest BCUT2D eigenvalue weighted by Gasteiger charge is -2.27. The molecule has 1 rings (SSSR count). The minimum absolute atomic E-state index is 0.0841. The van der Waals surface area contributed by atoms with Crippen molar-refractivity contribution in [3.8, 4) is 5.75 Å². The molecule has 1 unspecified atom stereocenters. The lowest BCUT2D eigenvalue weighted by Crippen LogP contribution is -2.40. The van der Waals surface area contributed by atoms with E-state index in [1.54, 1.807) is 18.2 Å². The molecule has 0 aromatic heterocycles. The minimum atomic E-state index is -3.00. The molecule has 0 aliphatic carbocycles. The van der Waals surface area contributed by atoms with Crippen molar-refractivity contribution in [3.05, 3.63) is 30.1 Å². The number of halogens is 1. The molecule has 0 N–H and O–H groups in total. The molecule has 0 aliphatic rings. The molecule has 1 aromatic rings. The molecular weight excluding hydrogens is 281 g/mol. The number of hydrogen-bond donors (Lipinski definition) is 0. The van der Waals surface area contributed by atoms with Gasteiger partial charge >= 0.3 is 0 Å². The number of sulfone groups is 1. The van der Waals surface area contributed by atoms with Gasteiger partial charge in [0.2, 0.25) is 0 Å². The third-order valence-corrected chi connectivity index (χ3v) is 4.13. The largest absolute Gasteiger partial charge is 0.489 e. The Kier molecular flexibility index (Phi) is 6.42. The number of ether oxygens (including phenoxy) is 1. The van der Waals surface area contributed by atoms with Gasteiger partial charge < -0.3 is 4.74 Å². The molecule has 1 atom stereocenters. The van der Waals surface area contributed by atoms with Gasteiger partial charge in [0.25, 0.3) is 0 Å². The molecule has 0 saturated carbocycles. The first-order chi connectivity index (χ1) is 9.33. The lowest BCUT2D eigenvalue weighted by molar-refractivity contribution is 0.181. The van der Waals surface area contributed by atoms with Crippen LogP contribution in [0, 0.1) is 5.82 Å². The third-order valence-electron chi connectivity index (χ3n) is 3.05. The molecule has 0 spiro atoms. The van der Waals surface area contributed by atoms with E-state index in [0.29, 0.717) is 13.2 Å². The summed E-state index contributed by atoms with van der Waals surface area (Å²) in [5.74, 6) is -0.0559. The van der Waals surface area contributed by atoms with Crippen molar-refractivity contribution in [2.75, 3.05) is 31.7 Å². The first-order valence-corrected chi connectivity index (χ1v) is 8.68. The molecule has 0 aliphatic heterocycles. The van der Waals surface area contributed by atoms with Gasteiger partial charge in [-0.15, -0.1) is 0 Å². The van der Waals surface area contributed by atoms with Gasteiger partial charge in [0, 0.05) is 18.8 Å². The molecule has 0 saturated heterocycles. The van der Waals surface area contributed by atoms with Crippen LogP contribution in [0.25, 0.3) is 0 Å². The zero-order valence-electron chi connectivity index (χ0n) is 12.2. The van der Waals surface area contributed by atoms with Gasteiger partial charge in [-0.1, -0.05) is 19.1 Å². The summed E-state index contributed by atoms with van der Waals surface area (Å²) in [5, 5.41) is 0. The molecule has 0 heterocycles. The molecule has 114 valence electrons. The van der Waals surface area contributed by atoms with Crippen LogP contribution in [0.3, 0.4) is 0 Å². The van der Waals surface area contributed by atoms with Crippen molar-refractivity contribution in [1.82, 2.24) is 4.90 Å². The normalized spacial score (nSPS) is 13.4. The van der Waals surface area contributed by atoms with Crippen molar-refractivity contribution in [2.45, 2.75) is 19.9 Å². The van der Waals surface area contributed by atoms with Gasteiger partial charge in [-0.05, 0) is 25.6 Å². The average molecular weight is 303 g/mol. The second-order valence-corrected chi connectivity index (χ2v) is 7.03. The monoisotopic (exact) mass is 303 g/mol. The summed E-state index contributed by atoms with van der Waals surface area (Å²) >= 11 is 0. The van der Waals surface area contributed by atoms with Gasteiger partial charge in [-0.2, -0.15) is 0 Å². The van der Waals surface area contributed by atoms with Crippen LogP contribution in [-0.2, 0) is 9.84 Å². The number of rotatable bonds is 8. The molecule has 0 radical (unpaired) electrons. The van der Waals surface area contributed by atoms with E-state index >= 15 is 0 Å². The Morgan fingerprint density at radius 1 is 1.35 bits per heavy atom. The molecular formula is C14H22FNO3S. The van der Waals surface area contributed by atoms with Crippen LogP contribution in [-0.4, -0.2) is 51.1 Å². The zero-order chi connectivity index (χ0) is 15.2. The van der Waals surface area contributed by atoms with E-state index in [-0.39, 0.29) is 23.4 Å². The third kappa shape index (κ3) is 5.88. The maximum Gasteiger partial charge on any atom is 0.165 e. The quantitative estimate of drug-likeness (QED) is 0.736. The van der Waals surface area contributed by atoms with Crippen molar-refractivity contribution in [1.29, 1.82) is 0 Å². The average Bonchev–Trinajstić information content (AvgIpc) is 2.34. The Morgan fingerprint density at radius 3 is 2.55 bits per heavy atom. The Hall–Kier alpha value is -1.14. The summed E-state index contributed by atoms with van der Waals surface area (Å²) in [5.41, 5.74) is 0. The van der Waals surface area contributed by atoms with Crippen molar-refractivity contribution >= 4 is 9.84 Å². The maximum atomic E-state index is 13.4. The van der Waals surface area contributed by atoms with E-state index in [1.807, 2.05) is 18.7 Å². The number of likely N-dealkylation sites (N-methyl/N-ethyl adjacent to an activating group) is 1. The van der Waals surface area contributed by atoms with E-state index in [2.05, 4.69) is 0 Å². The highest BCUT2D eigenvalue weighted by atomic mass is 32.2. The Morgan fingerprint density at radius 2 is 2.00 bits per heavy atom. The molecule has 0 amide bonds. The first kappa shape index (κ1) is 16.9. The fourth-order valence-electron chi connectivity index (χ4n) is 2.07. The highest BCUT2D eigenvalue weighted by molar-refractivity contribution is 7.90. The summed E-state index contributed by atoms with van der Waals surface area (Å²) in [6.45, 7) is 5.43. The molecule has 0 fully saturated rings. The van der Waals surface area contributed by atoms with E-state index in [1.165, 1.54) is 12.3 Å². The van der Waals surface area contributed by atoms with E-state index in [0.717, 1.165) is 6.54 Å². The van der Waals surface area contributed by atoms with Crippen molar-refractivity contribution < 1.29 is 17.5 Å². The minimum Gasteiger partial charge on any atom is -0.489 e. The lowest BCUT2D eigenvalue weighted by atomic mass is 10.3. The fourth-order valence-corrected chi connectivity index (χ4v) is 3.16. The summed E-state index contributed by atoms with van der Waals surface area (Å²) in [6.07, 6.45) is 1.23. The van der Waals surface area contributed by atoms with E-state index < -0.39 is 9.84 Å². The van der Waals surface area contributed by atoms with Crippen molar-refractivity contribution in [2.24, 2.45) is 0 Å². The smallest absolute Gasteiger partial charge is 0.165 e. The van der Waals surface area contributed by atoms with E-state index in [9.17, 15) is 12.8 Å². The summed E-state index contributed by atoms with van der Waals surface area (Å²) < 4.78 is 41.3. The molecule has 4 nitrogen and oxygen atoms in total. The van der Waals surface area contributed by atoms with Gasteiger partial charge in [-0.25, -0.2) is 12.8 Å². The standard InChI is InChI=1S/C14H22FNO3S/c1-4-16(12(2)11-20(3,17)18)9-10-19-14-8-6-5-7-13(14)15/h5-8,12H,4,9-11H2,1-3H3. The summed E-state index contributed by atoms with van der Waals surface area (Å²) in [7, 11) is -3.00. The SMILES string of the molecule is CCN(CCOc1ccccc1F)C(C)CS(C)(=O)=O. The van der Waals surface area contributed by atoms with Crippen LogP contribution >= 0.6 is 0 Å². The molecule has 1 aromatic carbocycles. The molecule has 6 heteroatoms.